The van der Waals surface area contributed by atoms with Gasteiger partial charge in [-0.3, -0.25) is 14.7 Å². The Morgan fingerprint density at radius 2 is 2.28 bits per heavy atom. The number of furan rings is 1. The molecule has 0 saturated carbocycles. The highest BCUT2D eigenvalue weighted by Crippen LogP contribution is 2.24. The lowest BCUT2D eigenvalue weighted by Crippen LogP contribution is -2.54. The minimum absolute atomic E-state index is 0.0923. The Balaban J connectivity index is 1.68. The molecule has 1 N–H and O–H groups in total. The van der Waals surface area contributed by atoms with Gasteiger partial charge in [0.15, 0.2) is 0 Å². The zero-order chi connectivity index (χ0) is 17.8. The Labute approximate surface area is 145 Å². The summed E-state index contributed by atoms with van der Waals surface area (Å²) >= 11 is 0. The molecular weight excluding hydrogens is 322 g/mol. The number of piperidine rings is 1. The summed E-state index contributed by atoms with van der Waals surface area (Å²) in [5, 5.41) is 9.60. The van der Waals surface area contributed by atoms with Gasteiger partial charge in [0, 0.05) is 31.5 Å². The van der Waals surface area contributed by atoms with Crippen LogP contribution in [0, 0.1) is 0 Å². The maximum atomic E-state index is 12.5. The van der Waals surface area contributed by atoms with Crippen LogP contribution in [0.2, 0.25) is 0 Å². The van der Waals surface area contributed by atoms with E-state index in [4.69, 9.17) is 4.42 Å². The number of hydrogen-bond acceptors (Lipinski definition) is 5. The molecule has 1 aliphatic rings. The molecule has 0 spiro atoms. The Morgan fingerprint density at radius 3 is 2.92 bits per heavy atom. The minimum Gasteiger partial charge on any atom is -0.480 e. The number of nitrogens with zero attached hydrogens (tertiary/aromatic N) is 3. The van der Waals surface area contributed by atoms with E-state index in [-0.39, 0.29) is 11.9 Å². The Bertz CT molecular complexity index is 717. The molecule has 132 valence electrons. The van der Waals surface area contributed by atoms with E-state index in [1.54, 1.807) is 12.3 Å². The molecule has 0 aliphatic carbocycles. The molecule has 2 aromatic heterocycles. The number of carbonyl (C=O) groups is 2. The van der Waals surface area contributed by atoms with Crippen LogP contribution in [0.5, 0.6) is 0 Å². The van der Waals surface area contributed by atoms with Crippen molar-refractivity contribution in [2.75, 3.05) is 13.6 Å². The van der Waals surface area contributed by atoms with Crippen LogP contribution < -0.4 is 0 Å². The number of aromatic nitrogens is 1. The number of likely N-dealkylation sites (tertiary alicyclic amines) is 1. The number of amides is 1. The van der Waals surface area contributed by atoms with Crippen molar-refractivity contribution >= 4 is 11.9 Å². The van der Waals surface area contributed by atoms with Crippen LogP contribution >= 0.6 is 0 Å². The molecule has 3 rings (SSSR count). The Hall–Kier alpha value is -2.67. The molecular formula is C18H21N3O4. The Kier molecular flexibility index (Phi) is 5.14. The topological polar surface area (TPSA) is 86.9 Å². The molecule has 1 aliphatic heterocycles. The van der Waals surface area contributed by atoms with E-state index in [1.807, 2.05) is 25.4 Å². The molecule has 2 aromatic rings. The zero-order valence-electron chi connectivity index (χ0n) is 14.0. The van der Waals surface area contributed by atoms with Crippen molar-refractivity contribution in [3.63, 3.8) is 0 Å². The van der Waals surface area contributed by atoms with Crippen molar-refractivity contribution < 1.29 is 19.1 Å². The fourth-order valence-electron chi connectivity index (χ4n) is 3.29. The van der Waals surface area contributed by atoms with Gasteiger partial charge in [0.1, 0.15) is 12.3 Å². The molecule has 1 fully saturated rings. The molecule has 0 bridgehead atoms. The van der Waals surface area contributed by atoms with Crippen LogP contribution in [-0.4, -0.2) is 57.4 Å². The summed E-state index contributed by atoms with van der Waals surface area (Å²) in [5.41, 5.74) is 1.46. The largest absolute Gasteiger partial charge is 0.480 e. The fourth-order valence-corrected chi connectivity index (χ4v) is 3.29. The van der Waals surface area contributed by atoms with Crippen molar-refractivity contribution in [2.45, 2.75) is 31.5 Å². The lowest BCUT2D eigenvalue weighted by atomic mass is 9.95. The van der Waals surface area contributed by atoms with Gasteiger partial charge in [-0.1, -0.05) is 6.07 Å². The van der Waals surface area contributed by atoms with E-state index in [1.165, 1.54) is 17.4 Å². The van der Waals surface area contributed by atoms with Crippen LogP contribution in [0.25, 0.3) is 0 Å². The fraction of sp³-hybridized carbons (Fsp3) is 0.389. The first kappa shape index (κ1) is 17.2. The number of pyridine rings is 1. The summed E-state index contributed by atoms with van der Waals surface area (Å²) in [4.78, 5) is 31.9. The lowest BCUT2D eigenvalue weighted by molar-refractivity contribution is -0.144. The molecule has 0 radical (unpaired) electrons. The van der Waals surface area contributed by atoms with Gasteiger partial charge in [-0.2, -0.15) is 0 Å². The average Bonchev–Trinajstić information content (AvgIpc) is 3.16. The number of carboxylic acids is 1. The third-order valence-corrected chi connectivity index (χ3v) is 4.67. The summed E-state index contributed by atoms with van der Waals surface area (Å²) in [6.07, 6.45) is 7.42. The standard InChI is InChI=1S/C18H21N3O4/c1-20(11-13-3-2-6-19-10-13)15-4-7-21(16(9-15)18(23)24)17(22)14-5-8-25-12-14/h2-3,5-6,8,10,12,15-16H,4,7,9,11H2,1H3,(H,23,24). The summed E-state index contributed by atoms with van der Waals surface area (Å²) in [6, 6.07) is 4.69. The first-order chi connectivity index (χ1) is 12.1. The van der Waals surface area contributed by atoms with Gasteiger partial charge in [-0.05, 0) is 37.6 Å². The average molecular weight is 343 g/mol. The predicted octanol–water partition coefficient (Wildman–Crippen LogP) is 1.86. The SMILES string of the molecule is CN(Cc1cccnc1)C1CCN(C(=O)c2ccoc2)C(C(=O)O)C1. The third-order valence-electron chi connectivity index (χ3n) is 4.67. The molecule has 2 unspecified atom stereocenters. The molecule has 7 heteroatoms. The summed E-state index contributed by atoms with van der Waals surface area (Å²) in [6.45, 7) is 1.10. The number of carboxylic acid groups (broad SMARTS) is 1. The Morgan fingerprint density at radius 1 is 1.44 bits per heavy atom. The highest BCUT2D eigenvalue weighted by Gasteiger charge is 2.38. The number of aliphatic carboxylic acids is 1. The zero-order valence-corrected chi connectivity index (χ0v) is 14.0. The van der Waals surface area contributed by atoms with Crippen LogP contribution in [0.3, 0.4) is 0 Å². The third kappa shape index (κ3) is 3.88. The highest BCUT2D eigenvalue weighted by molar-refractivity contribution is 5.96. The van der Waals surface area contributed by atoms with Crippen molar-refractivity contribution in [1.82, 2.24) is 14.8 Å². The number of rotatable bonds is 5. The van der Waals surface area contributed by atoms with Crippen LogP contribution in [0.15, 0.2) is 47.5 Å². The molecule has 2 atom stereocenters. The molecule has 1 amide bonds. The molecule has 25 heavy (non-hydrogen) atoms. The van der Waals surface area contributed by atoms with Crippen molar-refractivity contribution in [1.29, 1.82) is 0 Å². The van der Waals surface area contributed by atoms with E-state index in [0.717, 1.165) is 12.0 Å². The second-order valence-corrected chi connectivity index (χ2v) is 6.32. The monoisotopic (exact) mass is 343 g/mol. The van der Waals surface area contributed by atoms with Crippen LogP contribution in [0.1, 0.15) is 28.8 Å². The van der Waals surface area contributed by atoms with Gasteiger partial charge in [-0.25, -0.2) is 4.79 Å². The van der Waals surface area contributed by atoms with E-state index in [0.29, 0.717) is 25.1 Å². The normalized spacial score (nSPS) is 20.6. The molecule has 7 nitrogen and oxygen atoms in total. The molecule has 3 heterocycles. The van der Waals surface area contributed by atoms with Crippen LogP contribution in [-0.2, 0) is 11.3 Å². The van der Waals surface area contributed by atoms with Crippen molar-refractivity contribution in [2.24, 2.45) is 0 Å². The maximum Gasteiger partial charge on any atom is 0.326 e. The van der Waals surface area contributed by atoms with E-state index in [9.17, 15) is 14.7 Å². The first-order valence-electron chi connectivity index (χ1n) is 8.21. The lowest BCUT2D eigenvalue weighted by Gasteiger charge is -2.40. The predicted molar refractivity (Wildman–Crippen MR) is 89.9 cm³/mol. The van der Waals surface area contributed by atoms with E-state index >= 15 is 0 Å². The van der Waals surface area contributed by atoms with Gasteiger partial charge in [0.2, 0.25) is 0 Å². The smallest absolute Gasteiger partial charge is 0.326 e. The summed E-state index contributed by atoms with van der Waals surface area (Å²) in [7, 11) is 1.98. The van der Waals surface area contributed by atoms with E-state index in [2.05, 4.69) is 9.88 Å². The molecule has 0 aromatic carbocycles. The first-order valence-corrected chi connectivity index (χ1v) is 8.21. The minimum atomic E-state index is -0.976. The second kappa shape index (κ2) is 7.48. The maximum absolute atomic E-state index is 12.5. The van der Waals surface area contributed by atoms with Crippen molar-refractivity contribution in [3.8, 4) is 0 Å². The van der Waals surface area contributed by atoms with Crippen molar-refractivity contribution in [3.05, 3.63) is 54.2 Å². The highest BCUT2D eigenvalue weighted by atomic mass is 16.4. The van der Waals surface area contributed by atoms with Gasteiger partial charge < -0.3 is 14.4 Å². The molecule has 1 saturated heterocycles. The van der Waals surface area contributed by atoms with Gasteiger partial charge >= 0.3 is 5.97 Å². The number of hydrogen-bond donors (Lipinski definition) is 1. The second-order valence-electron chi connectivity index (χ2n) is 6.32. The van der Waals surface area contributed by atoms with E-state index < -0.39 is 12.0 Å². The summed E-state index contributed by atoms with van der Waals surface area (Å²) in [5.74, 6) is -1.27. The summed E-state index contributed by atoms with van der Waals surface area (Å²) < 4.78 is 4.94. The van der Waals surface area contributed by atoms with Gasteiger partial charge in [-0.15, -0.1) is 0 Å². The van der Waals surface area contributed by atoms with Gasteiger partial charge in [0.05, 0.1) is 11.8 Å². The number of carbonyl (C=O) groups excluding carboxylic acids is 1. The van der Waals surface area contributed by atoms with Gasteiger partial charge in [0.25, 0.3) is 5.91 Å². The van der Waals surface area contributed by atoms with Crippen LogP contribution in [0.4, 0.5) is 0 Å². The quantitative estimate of drug-likeness (QED) is 0.892.